The molecule has 124 valence electrons. The third kappa shape index (κ3) is 2.31. The van der Waals surface area contributed by atoms with Crippen molar-refractivity contribution >= 4 is 40.5 Å². The Kier molecular flexibility index (Phi) is 3.65. The summed E-state index contributed by atoms with van der Waals surface area (Å²) in [7, 11) is -1.45. The van der Waals surface area contributed by atoms with Crippen LogP contribution in [0.3, 0.4) is 0 Å². The molecule has 5 rings (SSSR count). The highest BCUT2D eigenvalue weighted by atomic mass is 35.7. The minimum absolute atomic E-state index is 0.912. The molecule has 0 spiro atoms. The van der Waals surface area contributed by atoms with Gasteiger partial charge in [0.1, 0.15) is 11.2 Å². The molecule has 1 heterocycles. The minimum atomic E-state index is -1.45. The van der Waals surface area contributed by atoms with Crippen LogP contribution in [-0.2, 0) is 25.7 Å². The van der Waals surface area contributed by atoms with Crippen molar-refractivity contribution in [1.82, 2.24) is 0 Å². The minimum Gasteiger partial charge on any atom is -0.408 e. The van der Waals surface area contributed by atoms with E-state index in [1.807, 2.05) is 0 Å². The van der Waals surface area contributed by atoms with Crippen LogP contribution in [0.25, 0.3) is 21.9 Å². The first kappa shape index (κ1) is 14.9. The zero-order valence-electron chi connectivity index (χ0n) is 13.6. The summed E-state index contributed by atoms with van der Waals surface area (Å²) in [6.07, 6.45) is 9.67. The Labute approximate surface area is 147 Å². The molecule has 0 unspecified atom stereocenters. The van der Waals surface area contributed by atoms with E-state index in [1.165, 1.54) is 71.6 Å². The fourth-order valence-corrected chi connectivity index (χ4v) is 5.58. The summed E-state index contributed by atoms with van der Waals surface area (Å²) < 4.78 is 12.0. The SMILES string of the molecule is Clp1oc2ccc3c(c2c2c4c(ccc2o1)CCCC4)CCCC3. The second-order valence-electron chi connectivity index (χ2n) is 6.96. The summed E-state index contributed by atoms with van der Waals surface area (Å²) in [6.45, 7) is 0. The van der Waals surface area contributed by atoms with E-state index in [0.717, 1.165) is 24.0 Å². The van der Waals surface area contributed by atoms with Crippen molar-refractivity contribution in [2.75, 3.05) is 0 Å². The van der Waals surface area contributed by atoms with E-state index >= 15 is 0 Å². The van der Waals surface area contributed by atoms with E-state index in [2.05, 4.69) is 24.3 Å². The smallest absolute Gasteiger partial charge is 0.327 e. The fraction of sp³-hybridized carbons (Fsp3) is 0.400. The first-order chi connectivity index (χ1) is 11.8. The van der Waals surface area contributed by atoms with E-state index < -0.39 is 7.37 Å². The normalized spacial score (nSPS) is 16.9. The fourth-order valence-electron chi connectivity index (χ4n) is 4.49. The lowest BCUT2D eigenvalue weighted by Crippen LogP contribution is -2.05. The Morgan fingerprint density at radius 3 is 1.62 bits per heavy atom. The summed E-state index contributed by atoms with van der Waals surface area (Å²) in [5.41, 5.74) is 7.70. The molecule has 0 saturated carbocycles. The maximum atomic E-state index is 6.36. The summed E-state index contributed by atoms with van der Waals surface area (Å²) in [5.74, 6) is 0. The lowest BCUT2D eigenvalue weighted by molar-refractivity contribution is 0.653. The van der Waals surface area contributed by atoms with Gasteiger partial charge in [-0.05, 0) is 85.8 Å². The zero-order chi connectivity index (χ0) is 16.1. The molecule has 24 heavy (non-hydrogen) atoms. The van der Waals surface area contributed by atoms with Gasteiger partial charge in [-0.1, -0.05) is 12.1 Å². The Balaban J connectivity index is 2.03. The summed E-state index contributed by atoms with van der Waals surface area (Å²) in [4.78, 5) is 0. The van der Waals surface area contributed by atoms with Gasteiger partial charge in [0, 0.05) is 22.0 Å². The van der Waals surface area contributed by atoms with Crippen molar-refractivity contribution in [1.29, 1.82) is 0 Å². The van der Waals surface area contributed by atoms with Crippen LogP contribution in [0.15, 0.2) is 32.7 Å². The lowest BCUT2D eigenvalue weighted by Gasteiger charge is -2.20. The third-order valence-electron chi connectivity index (χ3n) is 5.58. The van der Waals surface area contributed by atoms with Gasteiger partial charge in [-0.15, -0.1) is 0 Å². The Hall–Kier alpha value is -1.37. The van der Waals surface area contributed by atoms with Crippen LogP contribution in [0.1, 0.15) is 47.9 Å². The quantitative estimate of drug-likeness (QED) is 0.430. The van der Waals surface area contributed by atoms with Crippen LogP contribution in [0.4, 0.5) is 0 Å². The molecule has 0 atom stereocenters. The molecule has 0 saturated heterocycles. The molecule has 0 N–H and O–H groups in total. The summed E-state index contributed by atoms with van der Waals surface area (Å²) in [6, 6.07) is 8.68. The van der Waals surface area contributed by atoms with Gasteiger partial charge >= 0.3 is 7.37 Å². The maximum Gasteiger partial charge on any atom is 0.327 e. The summed E-state index contributed by atoms with van der Waals surface area (Å²) in [5, 5.41) is 2.54. The molecule has 2 aliphatic rings. The molecule has 0 bridgehead atoms. The molecule has 0 fully saturated rings. The van der Waals surface area contributed by atoms with Crippen molar-refractivity contribution in [2.45, 2.75) is 51.4 Å². The van der Waals surface area contributed by atoms with Gasteiger partial charge in [-0.3, -0.25) is 0 Å². The lowest BCUT2D eigenvalue weighted by atomic mass is 9.84. The van der Waals surface area contributed by atoms with Crippen LogP contribution >= 0.6 is 18.6 Å². The van der Waals surface area contributed by atoms with Gasteiger partial charge in [0.15, 0.2) is 0 Å². The molecular formula is C20H20ClO2P. The molecule has 0 radical (unpaired) electrons. The van der Waals surface area contributed by atoms with Crippen molar-refractivity contribution in [2.24, 2.45) is 0 Å². The monoisotopic (exact) mass is 358 g/mol. The van der Waals surface area contributed by atoms with Crippen LogP contribution in [0, 0.1) is 0 Å². The topological polar surface area (TPSA) is 26.3 Å². The van der Waals surface area contributed by atoms with Gasteiger partial charge in [-0.25, -0.2) is 0 Å². The number of benzene rings is 2. The number of rotatable bonds is 0. The second kappa shape index (κ2) is 5.86. The number of aryl methyl sites for hydroxylation is 4. The number of hydrogen-bond acceptors (Lipinski definition) is 2. The van der Waals surface area contributed by atoms with E-state index in [4.69, 9.17) is 19.6 Å². The first-order valence-corrected chi connectivity index (χ1v) is 11.0. The molecule has 2 aromatic carbocycles. The van der Waals surface area contributed by atoms with Gasteiger partial charge in [-0.2, -0.15) is 0 Å². The highest BCUT2D eigenvalue weighted by Gasteiger charge is 2.20. The van der Waals surface area contributed by atoms with E-state index in [0.29, 0.717) is 0 Å². The summed E-state index contributed by atoms with van der Waals surface area (Å²) >= 11 is 6.36. The number of fused-ring (bicyclic) bond motifs is 7. The molecular weight excluding hydrogens is 339 g/mol. The van der Waals surface area contributed by atoms with Crippen LogP contribution < -0.4 is 0 Å². The molecule has 3 aromatic rings. The van der Waals surface area contributed by atoms with Gasteiger partial charge in [0.05, 0.1) is 0 Å². The van der Waals surface area contributed by atoms with E-state index in [9.17, 15) is 0 Å². The zero-order valence-corrected chi connectivity index (χ0v) is 15.3. The van der Waals surface area contributed by atoms with Crippen LogP contribution in [-0.4, -0.2) is 0 Å². The van der Waals surface area contributed by atoms with Crippen LogP contribution in [0.5, 0.6) is 0 Å². The average molecular weight is 359 g/mol. The molecule has 2 aliphatic carbocycles. The number of hydrogen-bond donors (Lipinski definition) is 0. The maximum absolute atomic E-state index is 6.36. The first-order valence-electron chi connectivity index (χ1n) is 8.93. The average Bonchev–Trinajstić information content (AvgIpc) is 2.77. The molecule has 0 aliphatic heterocycles. The molecule has 1 aromatic heterocycles. The van der Waals surface area contributed by atoms with E-state index in [1.54, 1.807) is 0 Å². The predicted octanol–water partition coefficient (Wildman–Crippen LogP) is 7.05. The Morgan fingerprint density at radius 1 is 0.667 bits per heavy atom. The van der Waals surface area contributed by atoms with Crippen molar-refractivity contribution < 1.29 is 8.39 Å². The Morgan fingerprint density at radius 2 is 1.12 bits per heavy atom. The van der Waals surface area contributed by atoms with E-state index in [-0.39, 0.29) is 0 Å². The van der Waals surface area contributed by atoms with Gasteiger partial charge in [0.25, 0.3) is 0 Å². The van der Waals surface area contributed by atoms with Crippen molar-refractivity contribution in [3.63, 3.8) is 0 Å². The second-order valence-corrected chi connectivity index (χ2v) is 8.58. The van der Waals surface area contributed by atoms with Crippen molar-refractivity contribution in [3.05, 3.63) is 46.5 Å². The standard InChI is InChI=1S/C20H20ClO2P/c21-24-22-17-11-9-13-5-1-3-7-15(13)19(17)20-16-8-4-2-6-14(16)10-12-18(20)23-24/h9-12H,1-8H2. The number of halogens is 1. The van der Waals surface area contributed by atoms with Gasteiger partial charge in [0.2, 0.25) is 0 Å². The largest absolute Gasteiger partial charge is 0.408 e. The molecule has 4 heteroatoms. The third-order valence-corrected chi connectivity index (χ3v) is 6.67. The highest BCUT2D eigenvalue weighted by Crippen LogP contribution is 2.43. The van der Waals surface area contributed by atoms with Crippen molar-refractivity contribution in [3.8, 4) is 0 Å². The molecule has 0 amide bonds. The Bertz CT molecular complexity index is 912. The highest BCUT2D eigenvalue weighted by molar-refractivity contribution is 7.68. The van der Waals surface area contributed by atoms with Crippen LogP contribution in [0.2, 0.25) is 0 Å². The molecule has 2 nitrogen and oxygen atoms in total. The van der Waals surface area contributed by atoms with Gasteiger partial charge < -0.3 is 8.39 Å². The predicted molar refractivity (Wildman–Crippen MR) is 101 cm³/mol.